The fourth-order valence-corrected chi connectivity index (χ4v) is 1.95. The van der Waals surface area contributed by atoms with Crippen molar-refractivity contribution in [2.45, 2.75) is 13.8 Å². The number of fused-ring (bicyclic) bond motifs is 1. The molecular formula is C12H13NO2. The molecule has 3 nitrogen and oxygen atoms in total. The Balaban J connectivity index is 2.88. The van der Waals surface area contributed by atoms with Crippen LogP contribution in [-0.2, 0) is 0 Å². The molecule has 2 aromatic rings. The first kappa shape index (κ1) is 9.77. The Kier molecular flexibility index (Phi) is 2.23. The van der Waals surface area contributed by atoms with Gasteiger partial charge < -0.3 is 9.72 Å². The zero-order chi connectivity index (χ0) is 11.0. The molecule has 1 heterocycles. The Morgan fingerprint density at radius 1 is 1.33 bits per heavy atom. The van der Waals surface area contributed by atoms with E-state index >= 15 is 0 Å². The number of methoxy groups -OCH3 is 1. The average molecular weight is 203 g/mol. The monoisotopic (exact) mass is 203 g/mol. The van der Waals surface area contributed by atoms with Gasteiger partial charge in [-0.25, -0.2) is 0 Å². The molecule has 78 valence electrons. The number of ether oxygens (including phenoxy) is 1. The number of aromatic nitrogens is 1. The van der Waals surface area contributed by atoms with E-state index in [1.807, 2.05) is 19.9 Å². The molecule has 0 aliphatic heterocycles. The van der Waals surface area contributed by atoms with Crippen LogP contribution < -0.4 is 4.74 Å². The Labute approximate surface area is 88.1 Å². The summed E-state index contributed by atoms with van der Waals surface area (Å²) in [7, 11) is 1.58. The van der Waals surface area contributed by atoms with E-state index in [9.17, 15) is 4.79 Å². The van der Waals surface area contributed by atoms with Crippen molar-refractivity contribution in [2.24, 2.45) is 0 Å². The zero-order valence-corrected chi connectivity index (χ0v) is 9.05. The Morgan fingerprint density at radius 2 is 2.07 bits per heavy atom. The van der Waals surface area contributed by atoms with E-state index in [0.717, 1.165) is 28.3 Å². The standard InChI is InChI=1S/C12H13NO2/c1-7-4-8(2)11-9(5-7)12(15-3)10(6-14)13-11/h4-6,13H,1-3H3. The first-order valence-corrected chi connectivity index (χ1v) is 4.79. The minimum absolute atomic E-state index is 0.501. The van der Waals surface area contributed by atoms with Crippen molar-refractivity contribution >= 4 is 17.2 Å². The van der Waals surface area contributed by atoms with Crippen LogP contribution in [0.5, 0.6) is 5.75 Å². The number of hydrogen-bond donors (Lipinski definition) is 1. The smallest absolute Gasteiger partial charge is 0.170 e. The van der Waals surface area contributed by atoms with E-state index in [0.29, 0.717) is 11.4 Å². The van der Waals surface area contributed by atoms with E-state index in [1.54, 1.807) is 7.11 Å². The molecule has 15 heavy (non-hydrogen) atoms. The molecule has 0 spiro atoms. The second-order valence-electron chi connectivity index (χ2n) is 3.69. The van der Waals surface area contributed by atoms with Gasteiger partial charge in [0.15, 0.2) is 12.0 Å². The van der Waals surface area contributed by atoms with E-state index in [2.05, 4.69) is 11.1 Å². The second-order valence-corrected chi connectivity index (χ2v) is 3.69. The van der Waals surface area contributed by atoms with Crippen molar-refractivity contribution in [3.63, 3.8) is 0 Å². The highest BCUT2D eigenvalue weighted by Gasteiger charge is 2.12. The van der Waals surface area contributed by atoms with Gasteiger partial charge >= 0.3 is 0 Å². The molecular weight excluding hydrogens is 190 g/mol. The third kappa shape index (κ3) is 1.40. The van der Waals surface area contributed by atoms with E-state index in [-0.39, 0.29) is 0 Å². The number of aryl methyl sites for hydroxylation is 2. The molecule has 0 saturated heterocycles. The molecule has 0 saturated carbocycles. The van der Waals surface area contributed by atoms with E-state index < -0.39 is 0 Å². The van der Waals surface area contributed by atoms with Crippen LogP contribution in [0.25, 0.3) is 10.9 Å². The number of nitrogens with one attached hydrogen (secondary N) is 1. The largest absolute Gasteiger partial charge is 0.494 e. The minimum atomic E-state index is 0.501. The Morgan fingerprint density at radius 3 is 2.67 bits per heavy atom. The predicted octanol–water partition coefficient (Wildman–Crippen LogP) is 2.61. The van der Waals surface area contributed by atoms with E-state index in [1.165, 1.54) is 0 Å². The molecule has 0 aliphatic rings. The first-order chi connectivity index (χ1) is 7.17. The number of aldehydes is 1. The molecule has 0 unspecified atom stereocenters. The molecule has 3 heteroatoms. The highest BCUT2D eigenvalue weighted by molar-refractivity contribution is 5.97. The lowest BCUT2D eigenvalue weighted by molar-refractivity contribution is 0.111. The summed E-state index contributed by atoms with van der Waals surface area (Å²) in [6, 6.07) is 4.09. The SMILES string of the molecule is COc1c(C=O)[nH]c2c(C)cc(C)cc12. The van der Waals surface area contributed by atoms with Gasteiger partial charge in [0.2, 0.25) is 0 Å². The summed E-state index contributed by atoms with van der Waals surface area (Å²) in [6.07, 6.45) is 0.785. The highest BCUT2D eigenvalue weighted by atomic mass is 16.5. The maximum absolute atomic E-state index is 10.8. The highest BCUT2D eigenvalue weighted by Crippen LogP contribution is 2.31. The maximum atomic E-state index is 10.8. The third-order valence-corrected chi connectivity index (χ3v) is 2.55. The number of carbonyl (C=O) groups excluding carboxylic acids is 1. The number of carbonyl (C=O) groups is 1. The fourth-order valence-electron chi connectivity index (χ4n) is 1.95. The van der Waals surface area contributed by atoms with Gasteiger partial charge in [-0.15, -0.1) is 0 Å². The normalized spacial score (nSPS) is 10.6. The summed E-state index contributed by atoms with van der Waals surface area (Å²) in [5.74, 6) is 0.631. The van der Waals surface area contributed by atoms with Crippen LogP contribution in [0.4, 0.5) is 0 Å². The van der Waals surface area contributed by atoms with Crippen LogP contribution in [0.15, 0.2) is 12.1 Å². The molecule has 0 fully saturated rings. The molecule has 0 amide bonds. The topological polar surface area (TPSA) is 42.1 Å². The lowest BCUT2D eigenvalue weighted by atomic mass is 10.1. The van der Waals surface area contributed by atoms with Crippen LogP contribution in [-0.4, -0.2) is 18.4 Å². The minimum Gasteiger partial charge on any atom is -0.494 e. The van der Waals surface area contributed by atoms with Gasteiger partial charge in [0.05, 0.1) is 12.6 Å². The van der Waals surface area contributed by atoms with Crippen LogP contribution >= 0.6 is 0 Å². The molecule has 0 atom stereocenters. The van der Waals surface area contributed by atoms with Gasteiger partial charge in [-0.05, 0) is 31.0 Å². The van der Waals surface area contributed by atoms with Crippen molar-refractivity contribution in [1.82, 2.24) is 4.98 Å². The summed E-state index contributed by atoms with van der Waals surface area (Å²) in [5.41, 5.74) is 3.76. The van der Waals surface area contributed by atoms with Gasteiger partial charge in [0.1, 0.15) is 5.69 Å². The average Bonchev–Trinajstić information content (AvgIpc) is 2.55. The number of benzene rings is 1. The van der Waals surface area contributed by atoms with E-state index in [4.69, 9.17) is 4.74 Å². The second kappa shape index (κ2) is 3.42. The summed E-state index contributed by atoms with van der Waals surface area (Å²) >= 11 is 0. The lowest BCUT2D eigenvalue weighted by Crippen LogP contribution is -1.86. The summed E-state index contributed by atoms with van der Waals surface area (Å²) in [6.45, 7) is 4.04. The van der Waals surface area contributed by atoms with Crippen molar-refractivity contribution in [1.29, 1.82) is 0 Å². The molecule has 0 radical (unpaired) electrons. The lowest BCUT2D eigenvalue weighted by Gasteiger charge is -2.00. The molecule has 0 aliphatic carbocycles. The number of aromatic amines is 1. The zero-order valence-electron chi connectivity index (χ0n) is 9.05. The first-order valence-electron chi connectivity index (χ1n) is 4.79. The predicted molar refractivity (Wildman–Crippen MR) is 59.7 cm³/mol. The third-order valence-electron chi connectivity index (χ3n) is 2.55. The quantitative estimate of drug-likeness (QED) is 0.762. The van der Waals surface area contributed by atoms with Gasteiger partial charge in [0.25, 0.3) is 0 Å². The molecule has 1 aromatic carbocycles. The van der Waals surface area contributed by atoms with Gasteiger partial charge in [-0.1, -0.05) is 6.07 Å². The van der Waals surface area contributed by atoms with Crippen molar-refractivity contribution in [2.75, 3.05) is 7.11 Å². The van der Waals surface area contributed by atoms with Gasteiger partial charge in [-0.2, -0.15) is 0 Å². The van der Waals surface area contributed by atoms with Gasteiger partial charge in [-0.3, -0.25) is 4.79 Å². The van der Waals surface area contributed by atoms with Crippen molar-refractivity contribution < 1.29 is 9.53 Å². The molecule has 1 aromatic heterocycles. The fraction of sp³-hybridized carbons (Fsp3) is 0.250. The van der Waals surface area contributed by atoms with Crippen molar-refractivity contribution in [3.05, 3.63) is 29.0 Å². The molecule has 1 N–H and O–H groups in total. The Hall–Kier alpha value is -1.77. The summed E-state index contributed by atoms with van der Waals surface area (Å²) in [4.78, 5) is 13.9. The number of H-pyrrole nitrogens is 1. The van der Waals surface area contributed by atoms with Crippen molar-refractivity contribution in [3.8, 4) is 5.75 Å². The molecule has 0 bridgehead atoms. The summed E-state index contributed by atoms with van der Waals surface area (Å²) in [5, 5.41) is 0.970. The number of rotatable bonds is 2. The van der Waals surface area contributed by atoms with Gasteiger partial charge in [0, 0.05) is 5.39 Å². The number of hydrogen-bond acceptors (Lipinski definition) is 2. The van der Waals surface area contributed by atoms with Crippen LogP contribution in [0.2, 0.25) is 0 Å². The summed E-state index contributed by atoms with van der Waals surface area (Å²) < 4.78 is 5.24. The van der Waals surface area contributed by atoms with Crippen LogP contribution in [0.1, 0.15) is 21.6 Å². The maximum Gasteiger partial charge on any atom is 0.170 e. The Bertz CT molecular complexity index is 526. The van der Waals surface area contributed by atoms with Crippen LogP contribution in [0, 0.1) is 13.8 Å². The van der Waals surface area contributed by atoms with Crippen LogP contribution in [0.3, 0.4) is 0 Å². The molecule has 2 rings (SSSR count).